The Kier molecular flexibility index (Phi) is 15.1. The lowest BCUT2D eigenvalue weighted by Gasteiger charge is -2.36. The van der Waals surface area contributed by atoms with Gasteiger partial charge < -0.3 is 29.7 Å². The van der Waals surface area contributed by atoms with Crippen LogP contribution in [0.4, 0.5) is 19.0 Å². The molecule has 0 spiro atoms. The van der Waals surface area contributed by atoms with Gasteiger partial charge in [-0.2, -0.15) is 13.2 Å². The van der Waals surface area contributed by atoms with E-state index in [0.29, 0.717) is 92.5 Å². The van der Waals surface area contributed by atoms with Crippen molar-refractivity contribution in [1.29, 1.82) is 0 Å². The number of nitrogens with one attached hydrogen (secondary N) is 2. The Labute approximate surface area is 425 Å². The number of aryl methyl sites for hydroxylation is 1. The Morgan fingerprint density at radius 1 is 0.824 bits per heavy atom. The van der Waals surface area contributed by atoms with E-state index in [9.17, 15) is 51.8 Å². The van der Waals surface area contributed by atoms with Crippen molar-refractivity contribution in [1.82, 2.24) is 30.0 Å². The van der Waals surface area contributed by atoms with E-state index < -0.39 is 59.0 Å². The molecular formula is C54H60F3N7O10. The first-order valence-corrected chi connectivity index (χ1v) is 25.5. The maximum atomic E-state index is 13.9. The number of hydrogen-bond donors (Lipinski definition) is 3. The van der Waals surface area contributed by atoms with Crippen LogP contribution in [0, 0.1) is 24.7 Å². The highest BCUT2D eigenvalue weighted by Crippen LogP contribution is 2.43. The third-order valence-corrected chi connectivity index (χ3v) is 15.6. The van der Waals surface area contributed by atoms with Crippen molar-refractivity contribution in [2.45, 2.75) is 109 Å². The van der Waals surface area contributed by atoms with Crippen molar-refractivity contribution < 1.29 is 61.3 Å². The molecule has 3 aromatic carbocycles. The van der Waals surface area contributed by atoms with Gasteiger partial charge in [0.2, 0.25) is 17.7 Å². The van der Waals surface area contributed by atoms with E-state index in [2.05, 4.69) is 20.6 Å². The number of aromatic carboxylic acids is 1. The smallest absolute Gasteiger partial charge is 0.416 e. The summed E-state index contributed by atoms with van der Waals surface area (Å²) in [6.45, 7) is 7.01. The number of alkyl halides is 3. The number of piperidine rings is 3. The number of fused-ring (bicyclic) bond motifs is 2. The standard InChI is InChI=1S/C54H60F3N7O10/c1-29(36-22-37(53(71)72)24-38(23-36)54(55,56)57)58-47-42-26-40(45(73-3)27-43(42)59-30(2)60-47)33-4-6-34(7-5-33)49(67)62-17-12-31(13-18-62)16-21-74-28-32-14-19-63(20-15-32)50(68)35-8-9-39-41(25-35)52(70)64(51(39)69)44-10-11-46(65)61-48(44)66/h8-9,22-27,29,31-34,44H,4-7,10-21,28H2,1-3H3,(H,71,72)(H,58,59,60)(H,61,65,66)/t29-,33?,34?,44?/m1/s1. The van der Waals surface area contributed by atoms with Crippen LogP contribution in [0.25, 0.3) is 10.9 Å². The van der Waals surface area contributed by atoms with Gasteiger partial charge in [-0.3, -0.25) is 39.0 Å². The highest BCUT2D eigenvalue weighted by Gasteiger charge is 2.45. The molecule has 4 fully saturated rings. The highest BCUT2D eigenvalue weighted by molar-refractivity contribution is 6.24. The van der Waals surface area contributed by atoms with Gasteiger partial charge in [0, 0.05) is 68.7 Å². The molecule has 9 rings (SSSR count). The summed E-state index contributed by atoms with van der Waals surface area (Å²) in [6, 6.07) is 9.17. The maximum absolute atomic E-state index is 13.9. The number of rotatable bonds is 14. The fourth-order valence-corrected chi connectivity index (χ4v) is 11.3. The molecule has 1 aromatic heterocycles. The van der Waals surface area contributed by atoms with Crippen LogP contribution in [0.1, 0.15) is 153 Å². The van der Waals surface area contributed by atoms with Gasteiger partial charge in [0.25, 0.3) is 17.7 Å². The average molecular weight is 1020 g/mol. The summed E-state index contributed by atoms with van der Waals surface area (Å²) in [7, 11) is 1.59. The van der Waals surface area contributed by atoms with Gasteiger partial charge in [-0.25, -0.2) is 14.8 Å². The number of imide groups is 2. The molecule has 5 aliphatic rings. The maximum Gasteiger partial charge on any atom is 0.416 e. The molecule has 5 heterocycles. The number of carboxylic acid groups (broad SMARTS) is 1. The van der Waals surface area contributed by atoms with Gasteiger partial charge in [0.1, 0.15) is 23.4 Å². The first-order valence-electron chi connectivity index (χ1n) is 25.5. The van der Waals surface area contributed by atoms with Crippen LogP contribution in [0.5, 0.6) is 5.75 Å². The van der Waals surface area contributed by atoms with Gasteiger partial charge in [-0.1, -0.05) is 0 Å². The summed E-state index contributed by atoms with van der Waals surface area (Å²) >= 11 is 0. The van der Waals surface area contributed by atoms with E-state index in [1.807, 2.05) is 17.0 Å². The van der Waals surface area contributed by atoms with E-state index in [0.717, 1.165) is 61.5 Å². The summed E-state index contributed by atoms with van der Waals surface area (Å²) in [4.78, 5) is 103. The minimum Gasteiger partial charge on any atom is -0.496 e. The van der Waals surface area contributed by atoms with Gasteiger partial charge >= 0.3 is 12.1 Å². The van der Waals surface area contributed by atoms with Crippen molar-refractivity contribution in [2.24, 2.45) is 17.8 Å². The zero-order valence-electron chi connectivity index (χ0n) is 41.6. The van der Waals surface area contributed by atoms with E-state index in [1.54, 1.807) is 25.9 Å². The zero-order valence-corrected chi connectivity index (χ0v) is 41.6. The summed E-state index contributed by atoms with van der Waals surface area (Å²) in [5, 5.41) is 15.6. The second-order valence-corrected chi connectivity index (χ2v) is 20.4. The fraction of sp³-hybridized carbons (Fsp3) is 0.500. The molecule has 4 aromatic rings. The highest BCUT2D eigenvalue weighted by atomic mass is 19.4. The molecule has 74 heavy (non-hydrogen) atoms. The van der Waals surface area contributed by atoms with E-state index >= 15 is 0 Å². The number of methoxy groups -OCH3 is 1. The lowest BCUT2D eigenvalue weighted by molar-refractivity contribution is -0.138. The van der Waals surface area contributed by atoms with Gasteiger partial charge in [-0.15, -0.1) is 0 Å². The summed E-state index contributed by atoms with van der Waals surface area (Å²) in [6.07, 6.45) is 2.50. The molecule has 1 unspecified atom stereocenters. The molecule has 20 heteroatoms. The van der Waals surface area contributed by atoms with Crippen molar-refractivity contribution in [2.75, 3.05) is 51.8 Å². The Hall–Kier alpha value is -6.96. The predicted octanol–water partition coefficient (Wildman–Crippen LogP) is 7.71. The molecule has 17 nitrogen and oxygen atoms in total. The van der Waals surface area contributed by atoms with Crippen LogP contribution in [-0.4, -0.2) is 124 Å². The SMILES string of the molecule is COc1cc2nc(C)nc(N[C@H](C)c3cc(C(=O)O)cc(C(F)(F)F)c3)c2cc1C1CCC(C(=O)N2CCC(CCOCC3CCN(C(=O)c4ccc5c(c4)C(=O)N(C4CCC(=O)NC4=O)C5=O)CC3)CC2)CC1. The lowest BCUT2D eigenvalue weighted by atomic mass is 9.77. The van der Waals surface area contributed by atoms with Crippen molar-refractivity contribution >= 4 is 58.1 Å². The fourth-order valence-electron chi connectivity index (χ4n) is 11.3. The van der Waals surface area contributed by atoms with Crippen molar-refractivity contribution in [3.63, 3.8) is 0 Å². The Bertz CT molecular complexity index is 2890. The summed E-state index contributed by atoms with van der Waals surface area (Å²) in [5.74, 6) is -1.73. The number of benzene rings is 3. The summed E-state index contributed by atoms with van der Waals surface area (Å²) < 4.78 is 53.3. The van der Waals surface area contributed by atoms with Crippen LogP contribution in [-0.2, 0) is 25.3 Å². The van der Waals surface area contributed by atoms with Crippen molar-refractivity contribution in [3.05, 3.63) is 93.3 Å². The Morgan fingerprint density at radius 3 is 2.19 bits per heavy atom. The Balaban J connectivity index is 0.711. The molecule has 0 bridgehead atoms. The largest absolute Gasteiger partial charge is 0.496 e. The zero-order chi connectivity index (χ0) is 52.6. The third-order valence-electron chi connectivity index (χ3n) is 15.6. The number of halogens is 3. The second kappa shape index (κ2) is 21.5. The van der Waals surface area contributed by atoms with E-state index in [4.69, 9.17) is 9.47 Å². The predicted molar refractivity (Wildman–Crippen MR) is 262 cm³/mol. The number of likely N-dealkylation sites (tertiary alicyclic amines) is 2. The van der Waals surface area contributed by atoms with E-state index in [1.165, 1.54) is 24.3 Å². The van der Waals surface area contributed by atoms with Gasteiger partial charge in [0.05, 0.1) is 40.9 Å². The van der Waals surface area contributed by atoms with Crippen LogP contribution < -0.4 is 15.4 Å². The number of ether oxygens (including phenoxy) is 2. The second-order valence-electron chi connectivity index (χ2n) is 20.4. The molecule has 0 radical (unpaired) electrons. The third kappa shape index (κ3) is 11.0. The minimum absolute atomic E-state index is 0.0198. The number of hydrogen-bond acceptors (Lipinski definition) is 12. The summed E-state index contributed by atoms with van der Waals surface area (Å²) in [5.41, 5.74) is 0.610. The molecule has 1 saturated carbocycles. The van der Waals surface area contributed by atoms with Crippen LogP contribution in [0.2, 0.25) is 0 Å². The molecule has 6 amide bonds. The number of carbonyl (C=O) groups excluding carboxylic acids is 6. The molecule has 3 N–H and O–H groups in total. The first-order chi connectivity index (χ1) is 35.4. The number of carbonyl (C=O) groups is 7. The molecule has 3 saturated heterocycles. The average Bonchev–Trinajstić information content (AvgIpc) is 3.63. The van der Waals surface area contributed by atoms with Gasteiger partial charge in [0.15, 0.2) is 0 Å². The van der Waals surface area contributed by atoms with Crippen molar-refractivity contribution in [3.8, 4) is 5.75 Å². The lowest BCUT2D eigenvalue weighted by Crippen LogP contribution is -2.54. The molecule has 392 valence electrons. The molecule has 4 aliphatic heterocycles. The molecular weight excluding hydrogens is 964 g/mol. The number of carboxylic acids is 1. The van der Waals surface area contributed by atoms with Crippen LogP contribution in [0.15, 0.2) is 48.5 Å². The topological polar surface area (TPSA) is 218 Å². The van der Waals surface area contributed by atoms with Crippen LogP contribution in [0.3, 0.4) is 0 Å². The van der Waals surface area contributed by atoms with Crippen LogP contribution >= 0.6 is 0 Å². The normalized spacial score (nSPS) is 21.4. The number of nitrogens with zero attached hydrogens (tertiary/aromatic N) is 5. The molecule has 1 aliphatic carbocycles. The quantitative estimate of drug-likeness (QED) is 0.0816. The number of amides is 6. The van der Waals surface area contributed by atoms with Gasteiger partial charge in [-0.05, 0) is 149 Å². The van der Waals surface area contributed by atoms with E-state index in [-0.39, 0.29) is 64.7 Å². The first kappa shape index (κ1) is 51.9. The number of anilines is 1. The molecule has 2 atom stereocenters. The Morgan fingerprint density at radius 2 is 1.51 bits per heavy atom. The number of aromatic nitrogens is 2. The minimum atomic E-state index is -4.74. The monoisotopic (exact) mass is 1020 g/mol.